The van der Waals surface area contributed by atoms with E-state index >= 15 is 0 Å². The Labute approximate surface area is 127 Å². The molecule has 7 heteroatoms. The summed E-state index contributed by atoms with van der Waals surface area (Å²) in [6, 6.07) is 4.80. The van der Waals surface area contributed by atoms with Crippen LogP contribution in [-0.2, 0) is 9.84 Å². The zero-order valence-corrected chi connectivity index (χ0v) is 12.9. The number of halogens is 1. The lowest BCUT2D eigenvalue weighted by atomic mass is 10.1. The van der Waals surface area contributed by atoms with Gasteiger partial charge in [0.15, 0.2) is 15.6 Å². The summed E-state index contributed by atoms with van der Waals surface area (Å²) in [6.07, 6.45) is 0.444. The smallest absolute Gasteiger partial charge is 0.287 e. The molecule has 1 amide bonds. The minimum Gasteiger partial charge on any atom is -0.451 e. The molecule has 0 aliphatic carbocycles. The van der Waals surface area contributed by atoms with Gasteiger partial charge in [-0.1, -0.05) is 11.6 Å². The minimum atomic E-state index is -3.03. The van der Waals surface area contributed by atoms with E-state index in [9.17, 15) is 13.2 Å². The molecule has 0 saturated carbocycles. The first-order valence-electron chi connectivity index (χ1n) is 6.56. The molecule has 2 heterocycles. The monoisotopic (exact) mass is 327 g/mol. The van der Waals surface area contributed by atoms with Gasteiger partial charge in [-0.2, -0.15) is 0 Å². The van der Waals surface area contributed by atoms with Crippen LogP contribution in [0.1, 0.15) is 22.5 Å². The van der Waals surface area contributed by atoms with Crippen LogP contribution in [0.2, 0.25) is 5.02 Å². The molecule has 1 fully saturated rings. The molecule has 1 saturated heterocycles. The highest BCUT2D eigenvalue weighted by Crippen LogP contribution is 2.28. The van der Waals surface area contributed by atoms with Crippen LogP contribution in [0.5, 0.6) is 0 Å². The van der Waals surface area contributed by atoms with Gasteiger partial charge in [-0.15, -0.1) is 0 Å². The standard InChI is InChI=1S/C14H14ClNO4S/c1-8-11-6-9(15)2-3-12(11)20-13(8)14(17)16-10-4-5-21(18,19)7-10/h2-3,6,10H,4-5,7H2,1H3,(H,16,17). The normalized spacial score (nSPS) is 20.8. The molecule has 1 aromatic carbocycles. The third kappa shape index (κ3) is 2.78. The van der Waals surface area contributed by atoms with E-state index in [-0.39, 0.29) is 29.2 Å². The number of amides is 1. The molecule has 3 rings (SSSR count). The number of hydrogen-bond donors (Lipinski definition) is 1. The highest BCUT2D eigenvalue weighted by molar-refractivity contribution is 7.91. The van der Waals surface area contributed by atoms with Gasteiger partial charge < -0.3 is 9.73 Å². The third-order valence-corrected chi connectivity index (χ3v) is 5.68. The molecule has 112 valence electrons. The number of carbonyl (C=O) groups is 1. The number of carbonyl (C=O) groups excluding carboxylic acids is 1. The number of furan rings is 1. The lowest BCUT2D eigenvalue weighted by Crippen LogP contribution is -2.35. The maximum atomic E-state index is 12.3. The van der Waals surface area contributed by atoms with E-state index in [1.165, 1.54) is 0 Å². The fourth-order valence-electron chi connectivity index (χ4n) is 2.57. The zero-order chi connectivity index (χ0) is 15.2. The topological polar surface area (TPSA) is 76.4 Å². The Bertz CT molecular complexity index is 825. The van der Waals surface area contributed by atoms with Crippen LogP contribution in [0.25, 0.3) is 11.0 Å². The van der Waals surface area contributed by atoms with Crippen LogP contribution in [0, 0.1) is 6.92 Å². The predicted molar refractivity (Wildman–Crippen MR) is 80.5 cm³/mol. The van der Waals surface area contributed by atoms with Crippen LogP contribution in [0.3, 0.4) is 0 Å². The summed E-state index contributed by atoms with van der Waals surface area (Å²) >= 11 is 5.94. The van der Waals surface area contributed by atoms with Crippen molar-refractivity contribution in [2.75, 3.05) is 11.5 Å². The first kappa shape index (κ1) is 14.4. The molecule has 21 heavy (non-hydrogen) atoms. The maximum Gasteiger partial charge on any atom is 0.287 e. The van der Waals surface area contributed by atoms with Crippen LogP contribution < -0.4 is 5.32 Å². The Morgan fingerprint density at radius 2 is 2.19 bits per heavy atom. The molecule has 1 atom stereocenters. The van der Waals surface area contributed by atoms with Crippen molar-refractivity contribution in [1.82, 2.24) is 5.32 Å². The number of hydrogen-bond acceptors (Lipinski definition) is 4. The van der Waals surface area contributed by atoms with Crippen molar-refractivity contribution in [2.45, 2.75) is 19.4 Å². The first-order chi connectivity index (χ1) is 9.85. The van der Waals surface area contributed by atoms with Gasteiger partial charge in [-0.25, -0.2) is 8.42 Å². The van der Waals surface area contributed by atoms with Crippen LogP contribution in [0.4, 0.5) is 0 Å². The third-order valence-electron chi connectivity index (χ3n) is 3.67. The average Bonchev–Trinajstić information content (AvgIpc) is 2.90. The van der Waals surface area contributed by atoms with Crippen molar-refractivity contribution >= 4 is 38.3 Å². The fourth-order valence-corrected chi connectivity index (χ4v) is 4.41. The van der Waals surface area contributed by atoms with Crippen LogP contribution in [-0.4, -0.2) is 31.9 Å². The van der Waals surface area contributed by atoms with Gasteiger partial charge in [0.05, 0.1) is 11.5 Å². The van der Waals surface area contributed by atoms with Crippen LogP contribution in [0.15, 0.2) is 22.6 Å². The van der Waals surface area contributed by atoms with Crippen molar-refractivity contribution < 1.29 is 17.6 Å². The molecule has 1 aliphatic heterocycles. The summed E-state index contributed by atoms with van der Waals surface area (Å²) in [6.45, 7) is 1.78. The van der Waals surface area contributed by atoms with Crippen molar-refractivity contribution in [1.29, 1.82) is 0 Å². The van der Waals surface area contributed by atoms with Crippen molar-refractivity contribution in [3.05, 3.63) is 34.5 Å². The van der Waals surface area contributed by atoms with E-state index in [0.717, 1.165) is 5.39 Å². The highest BCUT2D eigenvalue weighted by atomic mass is 35.5. The Morgan fingerprint density at radius 1 is 1.43 bits per heavy atom. The fraction of sp³-hybridized carbons (Fsp3) is 0.357. The van der Waals surface area contributed by atoms with Crippen molar-refractivity contribution in [3.8, 4) is 0 Å². The van der Waals surface area contributed by atoms with Gasteiger partial charge in [0.1, 0.15) is 5.58 Å². The maximum absolute atomic E-state index is 12.3. The second kappa shape index (κ2) is 5.03. The Morgan fingerprint density at radius 3 is 2.86 bits per heavy atom. The number of fused-ring (bicyclic) bond motifs is 1. The number of rotatable bonds is 2. The molecule has 0 bridgehead atoms. The lowest BCUT2D eigenvalue weighted by Gasteiger charge is -2.09. The van der Waals surface area contributed by atoms with Gasteiger partial charge in [-0.05, 0) is 31.5 Å². The van der Waals surface area contributed by atoms with E-state index in [1.54, 1.807) is 25.1 Å². The summed E-state index contributed by atoms with van der Waals surface area (Å²) in [5, 5.41) is 4.08. The van der Waals surface area contributed by atoms with E-state index in [0.29, 0.717) is 22.6 Å². The van der Waals surface area contributed by atoms with Crippen LogP contribution >= 0.6 is 11.6 Å². The van der Waals surface area contributed by atoms with Gasteiger partial charge in [0.2, 0.25) is 0 Å². The molecular weight excluding hydrogens is 314 g/mol. The molecule has 0 spiro atoms. The quantitative estimate of drug-likeness (QED) is 0.918. The Balaban J connectivity index is 1.87. The minimum absolute atomic E-state index is 0.0101. The number of sulfone groups is 1. The van der Waals surface area contributed by atoms with Gasteiger partial charge in [0.25, 0.3) is 5.91 Å². The predicted octanol–water partition coefficient (Wildman–Crippen LogP) is 2.31. The SMILES string of the molecule is Cc1c(C(=O)NC2CCS(=O)(=O)C2)oc2ccc(Cl)cc12. The summed E-state index contributed by atoms with van der Waals surface area (Å²) < 4.78 is 28.4. The van der Waals surface area contributed by atoms with E-state index < -0.39 is 9.84 Å². The van der Waals surface area contributed by atoms with E-state index in [2.05, 4.69) is 5.32 Å². The Hall–Kier alpha value is -1.53. The average molecular weight is 328 g/mol. The van der Waals surface area contributed by atoms with Crippen molar-refractivity contribution in [2.24, 2.45) is 0 Å². The second-order valence-electron chi connectivity index (χ2n) is 5.27. The number of aryl methyl sites for hydroxylation is 1. The summed E-state index contributed by atoms with van der Waals surface area (Å²) in [4.78, 5) is 12.3. The molecule has 1 unspecified atom stereocenters. The molecule has 5 nitrogen and oxygen atoms in total. The lowest BCUT2D eigenvalue weighted by molar-refractivity contribution is 0.0914. The van der Waals surface area contributed by atoms with E-state index in [4.69, 9.17) is 16.0 Å². The highest BCUT2D eigenvalue weighted by Gasteiger charge is 2.30. The molecule has 1 aliphatic rings. The number of nitrogens with one attached hydrogen (secondary N) is 1. The second-order valence-corrected chi connectivity index (χ2v) is 7.94. The largest absolute Gasteiger partial charge is 0.451 e. The first-order valence-corrected chi connectivity index (χ1v) is 8.75. The number of benzene rings is 1. The summed E-state index contributed by atoms with van der Waals surface area (Å²) in [7, 11) is -3.03. The molecule has 1 N–H and O–H groups in total. The summed E-state index contributed by atoms with van der Waals surface area (Å²) in [5.74, 6) is -0.0743. The molecule has 2 aromatic rings. The molecule has 0 radical (unpaired) electrons. The molecule has 1 aromatic heterocycles. The van der Waals surface area contributed by atoms with Gasteiger partial charge in [0, 0.05) is 22.0 Å². The summed E-state index contributed by atoms with van der Waals surface area (Å²) in [5.41, 5.74) is 1.28. The Kier molecular flexibility index (Phi) is 3.45. The van der Waals surface area contributed by atoms with Gasteiger partial charge in [-0.3, -0.25) is 4.79 Å². The van der Waals surface area contributed by atoms with Crippen molar-refractivity contribution in [3.63, 3.8) is 0 Å². The molecular formula is C14H14ClNO4S. The zero-order valence-electron chi connectivity index (χ0n) is 11.3. The van der Waals surface area contributed by atoms with E-state index in [1.807, 2.05) is 0 Å². The van der Waals surface area contributed by atoms with Gasteiger partial charge >= 0.3 is 0 Å².